The molecular weight excluding hydrogens is 295 g/mol. The first-order valence-corrected chi connectivity index (χ1v) is 7.79. The molecule has 1 saturated carbocycles. The molecule has 0 aliphatic heterocycles. The maximum atomic E-state index is 13.5. The summed E-state index contributed by atoms with van der Waals surface area (Å²) in [6.45, 7) is 0. The van der Waals surface area contributed by atoms with Crippen molar-refractivity contribution in [1.82, 2.24) is 0 Å². The number of benzene rings is 1. The third-order valence-electron chi connectivity index (χ3n) is 3.08. The van der Waals surface area contributed by atoms with Crippen molar-refractivity contribution in [2.24, 2.45) is 5.92 Å². The van der Waals surface area contributed by atoms with E-state index in [1.54, 1.807) is 0 Å². The molecule has 1 fully saturated rings. The summed E-state index contributed by atoms with van der Waals surface area (Å²) in [7, 11) is -3.67. The van der Waals surface area contributed by atoms with E-state index in [1.165, 1.54) is 0 Å². The Labute approximate surface area is 115 Å². The summed E-state index contributed by atoms with van der Waals surface area (Å²) in [6.07, 6.45) is 2.56. The van der Waals surface area contributed by atoms with E-state index in [2.05, 4.69) is 0 Å². The van der Waals surface area contributed by atoms with Crippen LogP contribution < -0.4 is 0 Å². The van der Waals surface area contributed by atoms with Crippen LogP contribution in [0.15, 0.2) is 17.0 Å². The molecule has 0 saturated heterocycles. The Kier molecular flexibility index (Phi) is 3.82. The fraction of sp³-hybridized carbons (Fsp3) is 0.417. The van der Waals surface area contributed by atoms with Gasteiger partial charge in [0.05, 0.1) is 21.2 Å². The highest BCUT2D eigenvalue weighted by atomic mass is 35.5. The van der Waals surface area contributed by atoms with Gasteiger partial charge in [0, 0.05) is 0 Å². The summed E-state index contributed by atoms with van der Waals surface area (Å²) >= 11 is 5.50. The minimum Gasteiger partial charge on any atom is -0.478 e. The lowest BCUT2D eigenvalue weighted by Crippen LogP contribution is -2.10. The van der Waals surface area contributed by atoms with Gasteiger partial charge in [-0.3, -0.25) is 0 Å². The van der Waals surface area contributed by atoms with Crippen LogP contribution in [-0.2, 0) is 9.84 Å². The van der Waals surface area contributed by atoms with E-state index in [0.717, 1.165) is 25.0 Å². The van der Waals surface area contributed by atoms with Crippen molar-refractivity contribution in [1.29, 1.82) is 0 Å². The van der Waals surface area contributed by atoms with Gasteiger partial charge in [0.1, 0.15) is 5.82 Å². The first-order valence-electron chi connectivity index (χ1n) is 5.76. The molecule has 0 aromatic heterocycles. The van der Waals surface area contributed by atoms with Crippen LogP contribution in [-0.4, -0.2) is 25.2 Å². The Morgan fingerprint density at radius 1 is 1.42 bits per heavy atom. The van der Waals surface area contributed by atoms with Gasteiger partial charge in [0.15, 0.2) is 9.84 Å². The molecule has 0 bridgehead atoms. The van der Waals surface area contributed by atoms with Crippen LogP contribution in [0, 0.1) is 11.7 Å². The number of rotatable bonds is 5. The van der Waals surface area contributed by atoms with Gasteiger partial charge < -0.3 is 5.11 Å². The van der Waals surface area contributed by atoms with Gasteiger partial charge in [-0.05, 0) is 24.5 Å². The van der Waals surface area contributed by atoms with E-state index < -0.39 is 32.2 Å². The largest absolute Gasteiger partial charge is 0.478 e. The Morgan fingerprint density at radius 2 is 2.05 bits per heavy atom. The molecule has 2 rings (SSSR count). The normalized spacial score (nSPS) is 15.5. The van der Waals surface area contributed by atoms with Gasteiger partial charge in [0.2, 0.25) is 0 Å². The van der Waals surface area contributed by atoms with Crippen molar-refractivity contribution in [3.63, 3.8) is 0 Å². The Balaban J connectivity index is 2.35. The SMILES string of the molecule is O=C(O)c1cc(S(=O)(=O)CCC2CC2)cc(F)c1Cl. The number of halogens is 2. The molecule has 1 aliphatic rings. The van der Waals surface area contributed by atoms with Gasteiger partial charge in [-0.25, -0.2) is 17.6 Å². The number of hydrogen-bond acceptors (Lipinski definition) is 3. The monoisotopic (exact) mass is 306 g/mol. The molecule has 0 unspecified atom stereocenters. The van der Waals surface area contributed by atoms with Crippen LogP contribution in [0.2, 0.25) is 5.02 Å². The van der Waals surface area contributed by atoms with Gasteiger partial charge in [-0.15, -0.1) is 0 Å². The fourth-order valence-electron chi connectivity index (χ4n) is 1.75. The summed E-state index contributed by atoms with van der Waals surface area (Å²) in [5.74, 6) is -2.17. The van der Waals surface area contributed by atoms with Crippen LogP contribution in [0.4, 0.5) is 4.39 Å². The van der Waals surface area contributed by atoms with E-state index in [-0.39, 0.29) is 10.6 Å². The minimum atomic E-state index is -3.67. The zero-order valence-corrected chi connectivity index (χ0v) is 11.5. The highest BCUT2D eigenvalue weighted by molar-refractivity contribution is 7.91. The maximum absolute atomic E-state index is 13.5. The molecule has 1 aromatic carbocycles. The van der Waals surface area contributed by atoms with Crippen LogP contribution in [0.1, 0.15) is 29.6 Å². The second kappa shape index (κ2) is 5.09. The summed E-state index contributed by atoms with van der Waals surface area (Å²) in [5.41, 5.74) is -0.535. The predicted octanol–water partition coefficient (Wildman–Crippen LogP) is 2.75. The van der Waals surface area contributed by atoms with E-state index in [1.807, 2.05) is 0 Å². The van der Waals surface area contributed by atoms with Crippen molar-refractivity contribution in [3.05, 3.63) is 28.5 Å². The highest BCUT2D eigenvalue weighted by Gasteiger charge is 2.26. The molecular formula is C12H12ClFO4S. The standard InChI is InChI=1S/C12H12ClFO4S/c13-11-9(12(15)16)5-8(6-10(11)14)19(17,18)4-3-7-1-2-7/h5-7H,1-4H2,(H,15,16). The summed E-state index contributed by atoms with van der Waals surface area (Å²) < 4.78 is 37.5. The van der Waals surface area contributed by atoms with Gasteiger partial charge in [-0.2, -0.15) is 0 Å². The van der Waals surface area contributed by atoms with E-state index in [4.69, 9.17) is 16.7 Å². The maximum Gasteiger partial charge on any atom is 0.337 e. The molecule has 0 amide bonds. The van der Waals surface area contributed by atoms with Crippen LogP contribution in [0.25, 0.3) is 0 Å². The molecule has 1 N–H and O–H groups in total. The van der Waals surface area contributed by atoms with Crippen molar-refractivity contribution in [2.75, 3.05) is 5.75 Å². The molecule has 0 heterocycles. The number of sulfone groups is 1. The Hall–Kier alpha value is -1.14. The molecule has 4 nitrogen and oxygen atoms in total. The van der Waals surface area contributed by atoms with Crippen molar-refractivity contribution < 1.29 is 22.7 Å². The number of hydrogen-bond donors (Lipinski definition) is 1. The number of carbonyl (C=O) groups is 1. The second-order valence-electron chi connectivity index (χ2n) is 4.62. The topological polar surface area (TPSA) is 71.4 Å². The highest BCUT2D eigenvalue weighted by Crippen LogP contribution is 2.34. The molecule has 0 spiro atoms. The molecule has 19 heavy (non-hydrogen) atoms. The van der Waals surface area contributed by atoms with E-state index in [0.29, 0.717) is 12.3 Å². The number of carboxylic acid groups (broad SMARTS) is 1. The Bertz CT molecular complexity index is 623. The molecule has 0 atom stereocenters. The summed E-state index contributed by atoms with van der Waals surface area (Å²) in [6, 6.07) is 1.69. The lowest BCUT2D eigenvalue weighted by molar-refractivity contribution is 0.0696. The van der Waals surface area contributed by atoms with Crippen molar-refractivity contribution in [2.45, 2.75) is 24.2 Å². The predicted molar refractivity (Wildman–Crippen MR) is 67.8 cm³/mol. The number of carboxylic acids is 1. The average molecular weight is 307 g/mol. The smallest absolute Gasteiger partial charge is 0.337 e. The van der Waals surface area contributed by atoms with Crippen molar-refractivity contribution in [3.8, 4) is 0 Å². The fourth-order valence-corrected chi connectivity index (χ4v) is 3.40. The summed E-state index contributed by atoms with van der Waals surface area (Å²) in [4.78, 5) is 10.6. The van der Waals surface area contributed by atoms with Crippen LogP contribution in [0.5, 0.6) is 0 Å². The van der Waals surface area contributed by atoms with Gasteiger partial charge in [0.25, 0.3) is 0 Å². The van der Waals surface area contributed by atoms with Crippen molar-refractivity contribution >= 4 is 27.4 Å². The molecule has 1 aliphatic carbocycles. The Morgan fingerprint density at radius 3 is 2.58 bits per heavy atom. The van der Waals surface area contributed by atoms with E-state index >= 15 is 0 Å². The zero-order valence-electron chi connectivity index (χ0n) is 9.90. The third-order valence-corrected chi connectivity index (χ3v) is 5.19. The molecule has 104 valence electrons. The lowest BCUT2D eigenvalue weighted by atomic mass is 10.2. The first-order chi connectivity index (χ1) is 8.81. The minimum absolute atomic E-state index is 0.0994. The van der Waals surface area contributed by atoms with Crippen LogP contribution in [0.3, 0.4) is 0 Å². The van der Waals surface area contributed by atoms with Gasteiger partial charge in [-0.1, -0.05) is 24.4 Å². The van der Waals surface area contributed by atoms with E-state index in [9.17, 15) is 17.6 Å². The summed E-state index contributed by atoms with van der Waals surface area (Å²) in [5, 5.41) is 8.29. The molecule has 1 aromatic rings. The average Bonchev–Trinajstić information content (AvgIpc) is 3.13. The third kappa shape index (κ3) is 3.25. The first kappa shape index (κ1) is 14.3. The zero-order chi connectivity index (χ0) is 14.2. The lowest BCUT2D eigenvalue weighted by Gasteiger charge is -2.07. The second-order valence-corrected chi connectivity index (χ2v) is 7.11. The van der Waals surface area contributed by atoms with Gasteiger partial charge >= 0.3 is 5.97 Å². The van der Waals surface area contributed by atoms with Crippen LogP contribution >= 0.6 is 11.6 Å². The quantitative estimate of drug-likeness (QED) is 0.908. The molecule has 7 heteroatoms. The number of aromatic carboxylic acids is 1. The molecule has 0 radical (unpaired) electrons.